The molecule has 7 heteroatoms. The summed E-state index contributed by atoms with van der Waals surface area (Å²) in [6, 6.07) is 12.5. The van der Waals surface area contributed by atoms with Crippen molar-refractivity contribution < 1.29 is 9.21 Å². The lowest BCUT2D eigenvalue weighted by molar-refractivity contribution is 0.102. The summed E-state index contributed by atoms with van der Waals surface area (Å²) in [7, 11) is 0. The molecule has 0 spiro atoms. The highest BCUT2D eigenvalue weighted by Gasteiger charge is 2.13. The number of Topliss-reactive ketones (excluding diaryl/α,β-unsaturated/α-hetero) is 1. The van der Waals surface area contributed by atoms with Gasteiger partial charge in [-0.25, -0.2) is 0 Å². The van der Waals surface area contributed by atoms with E-state index in [0.717, 1.165) is 5.56 Å². The normalized spacial score (nSPS) is 10.8. The van der Waals surface area contributed by atoms with Gasteiger partial charge in [0.25, 0.3) is 5.22 Å². The number of hydrogen-bond donors (Lipinski definition) is 0. The molecule has 0 saturated heterocycles. The van der Waals surface area contributed by atoms with Crippen molar-refractivity contribution in [3.63, 3.8) is 0 Å². The number of thioether (sulfide) groups is 1. The molecule has 122 valence electrons. The number of ketones is 1. The molecule has 0 unspecified atom stereocenters. The molecule has 0 aliphatic carbocycles. The van der Waals surface area contributed by atoms with Crippen LogP contribution in [0.4, 0.5) is 0 Å². The van der Waals surface area contributed by atoms with E-state index in [1.807, 2.05) is 31.2 Å². The van der Waals surface area contributed by atoms with Crippen LogP contribution < -0.4 is 0 Å². The Morgan fingerprint density at radius 2 is 1.83 bits per heavy atom. The van der Waals surface area contributed by atoms with Crippen molar-refractivity contribution in [3.05, 3.63) is 63.6 Å². The minimum atomic E-state index is 0.00860. The predicted molar refractivity (Wildman–Crippen MR) is 96.0 cm³/mol. The van der Waals surface area contributed by atoms with Crippen molar-refractivity contribution in [2.75, 3.05) is 5.75 Å². The van der Waals surface area contributed by atoms with Crippen molar-refractivity contribution in [1.29, 1.82) is 0 Å². The van der Waals surface area contributed by atoms with Crippen molar-refractivity contribution in [1.82, 2.24) is 10.2 Å². The zero-order chi connectivity index (χ0) is 17.1. The highest BCUT2D eigenvalue weighted by molar-refractivity contribution is 7.99. The predicted octanol–water partition coefficient (Wildman–Crippen LogP) is 5.33. The van der Waals surface area contributed by atoms with Crippen LogP contribution in [0.5, 0.6) is 0 Å². The number of carbonyl (C=O) groups excluding carboxylic acids is 1. The molecule has 0 aliphatic rings. The maximum absolute atomic E-state index is 12.1. The molecular weight excluding hydrogens is 367 g/mol. The molecule has 1 aromatic heterocycles. The van der Waals surface area contributed by atoms with Crippen LogP contribution >= 0.6 is 35.0 Å². The molecule has 4 nitrogen and oxygen atoms in total. The van der Waals surface area contributed by atoms with Crippen molar-refractivity contribution in [3.8, 4) is 11.5 Å². The van der Waals surface area contributed by atoms with E-state index in [9.17, 15) is 4.79 Å². The Bertz CT molecular complexity index is 879. The maximum Gasteiger partial charge on any atom is 0.277 e. The first-order valence-electron chi connectivity index (χ1n) is 7.04. The molecule has 0 fully saturated rings. The minimum Gasteiger partial charge on any atom is -0.411 e. The lowest BCUT2D eigenvalue weighted by atomic mass is 10.1. The highest BCUT2D eigenvalue weighted by Crippen LogP contribution is 2.29. The molecule has 3 aromatic rings. The number of halogens is 2. The van der Waals surface area contributed by atoms with E-state index in [0.29, 0.717) is 32.3 Å². The number of benzene rings is 2. The van der Waals surface area contributed by atoms with E-state index in [2.05, 4.69) is 10.2 Å². The van der Waals surface area contributed by atoms with Crippen LogP contribution in [0.25, 0.3) is 11.5 Å². The van der Waals surface area contributed by atoms with Gasteiger partial charge in [0.2, 0.25) is 5.89 Å². The van der Waals surface area contributed by atoms with Crippen LogP contribution in [0.15, 0.2) is 52.1 Å². The lowest BCUT2D eigenvalue weighted by Crippen LogP contribution is -2.02. The quantitative estimate of drug-likeness (QED) is 0.443. The van der Waals surface area contributed by atoms with Crippen LogP contribution in [0.2, 0.25) is 10.0 Å². The second-order valence-corrected chi connectivity index (χ2v) is 6.82. The summed E-state index contributed by atoms with van der Waals surface area (Å²) in [5.74, 6) is 0.569. The fourth-order valence-corrected chi connectivity index (χ4v) is 2.92. The molecule has 0 radical (unpaired) electrons. The largest absolute Gasteiger partial charge is 0.411 e. The third-order valence-corrected chi connectivity index (χ3v) is 4.83. The van der Waals surface area contributed by atoms with Crippen LogP contribution in [0, 0.1) is 6.92 Å². The summed E-state index contributed by atoms with van der Waals surface area (Å²) in [6.45, 7) is 1.98. The minimum absolute atomic E-state index is 0.00860. The van der Waals surface area contributed by atoms with Gasteiger partial charge in [0, 0.05) is 11.1 Å². The monoisotopic (exact) mass is 378 g/mol. The van der Waals surface area contributed by atoms with Gasteiger partial charge in [0.1, 0.15) is 0 Å². The zero-order valence-electron chi connectivity index (χ0n) is 12.6. The fraction of sp³-hybridized carbons (Fsp3) is 0.118. The number of rotatable bonds is 5. The molecule has 0 amide bonds. The molecule has 0 bridgehead atoms. The average molecular weight is 379 g/mol. The third kappa shape index (κ3) is 3.98. The first kappa shape index (κ1) is 17.0. The van der Waals surface area contributed by atoms with Gasteiger partial charge in [-0.05, 0) is 25.1 Å². The molecular formula is C17H12Cl2N2O2S. The number of aryl methyl sites for hydroxylation is 1. The van der Waals surface area contributed by atoms with Crippen molar-refractivity contribution in [2.45, 2.75) is 12.1 Å². The summed E-state index contributed by atoms with van der Waals surface area (Å²) in [6.07, 6.45) is 0. The summed E-state index contributed by atoms with van der Waals surface area (Å²) in [5, 5.41) is 9.11. The van der Waals surface area contributed by atoms with Crippen LogP contribution in [0.1, 0.15) is 15.9 Å². The first-order chi connectivity index (χ1) is 11.5. The van der Waals surface area contributed by atoms with Crippen LogP contribution in [0.3, 0.4) is 0 Å². The Labute approximate surface area is 153 Å². The van der Waals surface area contributed by atoms with E-state index < -0.39 is 0 Å². The van der Waals surface area contributed by atoms with E-state index in [1.165, 1.54) is 11.8 Å². The third-order valence-electron chi connectivity index (χ3n) is 3.27. The molecule has 1 heterocycles. The van der Waals surface area contributed by atoms with Gasteiger partial charge in [-0.2, -0.15) is 0 Å². The molecule has 0 saturated carbocycles. The molecule has 0 aliphatic heterocycles. The summed E-state index contributed by atoms with van der Waals surface area (Å²) < 4.78 is 5.56. The van der Waals surface area contributed by atoms with Crippen LogP contribution in [-0.4, -0.2) is 21.7 Å². The molecule has 2 aromatic carbocycles. The smallest absolute Gasteiger partial charge is 0.277 e. The van der Waals surface area contributed by atoms with E-state index >= 15 is 0 Å². The lowest BCUT2D eigenvalue weighted by Gasteiger charge is -2.00. The Morgan fingerprint density at radius 1 is 1.08 bits per heavy atom. The summed E-state index contributed by atoms with van der Waals surface area (Å²) >= 11 is 13.1. The zero-order valence-corrected chi connectivity index (χ0v) is 15.0. The average Bonchev–Trinajstić information content (AvgIpc) is 3.05. The molecule has 0 N–H and O–H groups in total. The van der Waals surface area contributed by atoms with Gasteiger partial charge < -0.3 is 4.42 Å². The van der Waals surface area contributed by atoms with Crippen molar-refractivity contribution in [2.24, 2.45) is 0 Å². The topological polar surface area (TPSA) is 56.0 Å². The molecule has 0 atom stereocenters. The van der Waals surface area contributed by atoms with Gasteiger partial charge in [0.15, 0.2) is 5.78 Å². The highest BCUT2D eigenvalue weighted by atomic mass is 35.5. The van der Waals surface area contributed by atoms with E-state index in [-0.39, 0.29) is 11.5 Å². The maximum atomic E-state index is 12.1. The summed E-state index contributed by atoms with van der Waals surface area (Å²) in [4.78, 5) is 12.1. The summed E-state index contributed by atoms with van der Waals surface area (Å²) in [5.41, 5.74) is 2.45. The molecule has 24 heavy (non-hydrogen) atoms. The van der Waals surface area contributed by atoms with Gasteiger partial charge in [-0.3, -0.25) is 4.79 Å². The Morgan fingerprint density at radius 3 is 2.54 bits per heavy atom. The van der Waals surface area contributed by atoms with Gasteiger partial charge in [-0.15, -0.1) is 10.2 Å². The van der Waals surface area contributed by atoms with Gasteiger partial charge in [-0.1, -0.05) is 64.8 Å². The fourth-order valence-electron chi connectivity index (χ4n) is 1.96. The van der Waals surface area contributed by atoms with Gasteiger partial charge in [0.05, 0.1) is 15.8 Å². The number of nitrogens with zero attached hydrogens (tertiary/aromatic N) is 2. The number of aromatic nitrogens is 2. The Hall–Kier alpha value is -1.82. The SMILES string of the molecule is Cc1ccc(C(=O)CSc2nnc(-c3ccc(Cl)c(Cl)c3)o2)cc1. The van der Waals surface area contributed by atoms with Crippen LogP contribution in [-0.2, 0) is 0 Å². The van der Waals surface area contributed by atoms with E-state index in [1.54, 1.807) is 18.2 Å². The molecule has 3 rings (SSSR count). The second kappa shape index (κ2) is 7.38. The standard InChI is InChI=1S/C17H12Cl2N2O2S/c1-10-2-4-11(5-3-10)15(22)9-24-17-21-20-16(23-17)12-6-7-13(18)14(19)8-12/h2-8H,9H2,1H3. The first-order valence-corrected chi connectivity index (χ1v) is 8.78. The second-order valence-electron chi connectivity index (χ2n) is 5.08. The number of carbonyl (C=O) groups is 1. The Balaban J connectivity index is 1.66. The van der Waals surface area contributed by atoms with Gasteiger partial charge >= 0.3 is 0 Å². The Kier molecular flexibility index (Phi) is 5.23. The van der Waals surface area contributed by atoms with Crippen molar-refractivity contribution >= 4 is 40.7 Å². The number of hydrogen-bond acceptors (Lipinski definition) is 5. The van der Waals surface area contributed by atoms with E-state index in [4.69, 9.17) is 27.6 Å².